The molecule has 2 amide bonds. The lowest BCUT2D eigenvalue weighted by Gasteiger charge is -2.15. The van der Waals surface area contributed by atoms with Gasteiger partial charge in [-0.25, -0.2) is 13.1 Å². The summed E-state index contributed by atoms with van der Waals surface area (Å²) in [7, 11) is -2.06. The first-order chi connectivity index (χ1) is 17.1. The predicted molar refractivity (Wildman–Crippen MR) is 128 cm³/mol. The van der Waals surface area contributed by atoms with Crippen molar-refractivity contribution in [2.24, 2.45) is 11.7 Å². The second kappa shape index (κ2) is 9.87. The Morgan fingerprint density at radius 3 is 2.61 bits per heavy atom. The van der Waals surface area contributed by atoms with Gasteiger partial charge in [-0.2, -0.15) is 4.98 Å². The van der Waals surface area contributed by atoms with Gasteiger partial charge in [0.2, 0.25) is 27.6 Å². The van der Waals surface area contributed by atoms with Gasteiger partial charge in [0, 0.05) is 12.0 Å². The maximum Gasteiger partial charge on any atom is 0.271 e. The van der Waals surface area contributed by atoms with Gasteiger partial charge in [0.05, 0.1) is 36.3 Å². The fraction of sp³-hybridized carbons (Fsp3) is 0.333. The lowest BCUT2D eigenvalue weighted by molar-refractivity contribution is -0.117. The van der Waals surface area contributed by atoms with Gasteiger partial charge in [0.25, 0.3) is 5.91 Å². The van der Waals surface area contributed by atoms with E-state index in [1.807, 2.05) is 0 Å². The number of amides is 2. The Morgan fingerprint density at radius 2 is 1.97 bits per heavy atom. The van der Waals surface area contributed by atoms with Crippen LogP contribution in [0.2, 0.25) is 0 Å². The molecule has 3 aromatic rings. The zero-order chi connectivity index (χ0) is 26.0. The average Bonchev–Trinajstić information content (AvgIpc) is 3.54. The smallest absolute Gasteiger partial charge is 0.271 e. The standard InChI is InChI=1S/C21H24N8O6S/c1-10(29-36(3,32)33)21-25-19(28-35-21)12-5-4-6-13(17(12)34-2)23-14-9-15(24-20(31)11-7-8-11)26-27-16(14)18(22)30/h4-6,9-11,29H,7-8H2,1-3H3,(H2,22,30)(H2,23,24,26,31)/t10-/m0/s1. The number of sulfonamides is 1. The van der Waals surface area contributed by atoms with Gasteiger partial charge >= 0.3 is 0 Å². The second-order valence-electron chi connectivity index (χ2n) is 8.20. The number of anilines is 3. The molecule has 14 nitrogen and oxygen atoms in total. The van der Waals surface area contributed by atoms with Gasteiger partial charge in [-0.1, -0.05) is 11.2 Å². The molecule has 1 saturated carbocycles. The van der Waals surface area contributed by atoms with Crippen LogP contribution >= 0.6 is 0 Å². The van der Waals surface area contributed by atoms with Crippen molar-refractivity contribution in [1.29, 1.82) is 0 Å². The molecule has 36 heavy (non-hydrogen) atoms. The maximum atomic E-state index is 12.1. The van der Waals surface area contributed by atoms with Crippen LogP contribution in [-0.4, -0.2) is 53.9 Å². The van der Waals surface area contributed by atoms with Crippen LogP contribution in [0.4, 0.5) is 17.2 Å². The zero-order valence-electron chi connectivity index (χ0n) is 19.6. The number of primary amides is 1. The van der Waals surface area contributed by atoms with E-state index in [1.165, 1.54) is 13.2 Å². The molecule has 0 radical (unpaired) electrons. The summed E-state index contributed by atoms with van der Waals surface area (Å²) in [5, 5.41) is 17.4. The average molecular weight is 517 g/mol. The first kappa shape index (κ1) is 25.0. The van der Waals surface area contributed by atoms with E-state index in [9.17, 15) is 18.0 Å². The van der Waals surface area contributed by atoms with E-state index in [0.29, 0.717) is 17.0 Å². The normalized spacial score (nSPS) is 14.2. The molecule has 0 spiro atoms. The van der Waals surface area contributed by atoms with E-state index in [1.54, 1.807) is 25.1 Å². The monoisotopic (exact) mass is 516 g/mol. The SMILES string of the molecule is COc1c(Nc2cc(NC(=O)C3CC3)nnc2C(N)=O)cccc1-c1noc([C@H](C)NS(C)(=O)=O)n1. The summed E-state index contributed by atoms with van der Waals surface area (Å²) in [6.07, 6.45) is 2.65. The number of para-hydroxylation sites is 1. The Kier molecular flexibility index (Phi) is 6.85. The van der Waals surface area contributed by atoms with E-state index in [-0.39, 0.29) is 40.7 Å². The summed E-state index contributed by atoms with van der Waals surface area (Å²) in [5.74, 6) is -0.390. The van der Waals surface area contributed by atoms with E-state index in [2.05, 4.69) is 35.7 Å². The summed E-state index contributed by atoms with van der Waals surface area (Å²) >= 11 is 0. The number of ether oxygens (including phenoxy) is 1. The summed E-state index contributed by atoms with van der Waals surface area (Å²) in [4.78, 5) is 28.4. The summed E-state index contributed by atoms with van der Waals surface area (Å²) in [6.45, 7) is 1.56. The van der Waals surface area contributed by atoms with Crippen LogP contribution in [0.15, 0.2) is 28.8 Å². The molecular weight excluding hydrogens is 492 g/mol. The van der Waals surface area contributed by atoms with E-state index >= 15 is 0 Å². The van der Waals surface area contributed by atoms with Crippen LogP contribution in [0.25, 0.3) is 11.4 Å². The van der Waals surface area contributed by atoms with Gasteiger partial charge in [-0.15, -0.1) is 10.2 Å². The third-order valence-electron chi connectivity index (χ3n) is 5.16. The second-order valence-corrected chi connectivity index (χ2v) is 9.98. The van der Waals surface area contributed by atoms with Crippen molar-refractivity contribution in [2.45, 2.75) is 25.8 Å². The maximum absolute atomic E-state index is 12.1. The van der Waals surface area contributed by atoms with Crippen molar-refractivity contribution >= 4 is 39.0 Å². The number of hydrogen-bond acceptors (Lipinski definition) is 11. The lowest BCUT2D eigenvalue weighted by Crippen LogP contribution is -2.25. The van der Waals surface area contributed by atoms with Crippen molar-refractivity contribution in [1.82, 2.24) is 25.1 Å². The molecular formula is C21H24N8O6S. The van der Waals surface area contributed by atoms with Crippen LogP contribution in [0.5, 0.6) is 5.75 Å². The Labute approximate surface area is 206 Å². The molecule has 0 saturated heterocycles. The van der Waals surface area contributed by atoms with Gasteiger partial charge < -0.3 is 25.6 Å². The number of carbonyl (C=O) groups is 2. The van der Waals surface area contributed by atoms with Crippen LogP contribution in [-0.2, 0) is 14.8 Å². The molecule has 1 aromatic carbocycles. The Balaban J connectivity index is 1.66. The lowest BCUT2D eigenvalue weighted by atomic mass is 10.1. The van der Waals surface area contributed by atoms with Gasteiger partial charge in [0.15, 0.2) is 17.3 Å². The molecule has 4 rings (SSSR count). The molecule has 0 aliphatic heterocycles. The fourth-order valence-corrected chi connectivity index (χ4v) is 4.12. The van der Waals surface area contributed by atoms with E-state index < -0.39 is 22.0 Å². The number of aromatic nitrogens is 4. The number of methoxy groups -OCH3 is 1. The molecule has 0 unspecified atom stereocenters. The summed E-state index contributed by atoms with van der Waals surface area (Å²) in [5.41, 5.74) is 6.34. The first-order valence-electron chi connectivity index (χ1n) is 10.8. The number of benzene rings is 1. The largest absolute Gasteiger partial charge is 0.494 e. The van der Waals surface area contributed by atoms with Crippen molar-refractivity contribution in [3.05, 3.63) is 35.9 Å². The van der Waals surface area contributed by atoms with Crippen molar-refractivity contribution in [3.8, 4) is 17.1 Å². The van der Waals surface area contributed by atoms with E-state index in [0.717, 1.165) is 19.1 Å². The van der Waals surface area contributed by atoms with Gasteiger partial charge in [-0.3, -0.25) is 9.59 Å². The van der Waals surface area contributed by atoms with Crippen molar-refractivity contribution in [2.75, 3.05) is 24.0 Å². The Bertz CT molecular complexity index is 1420. The highest BCUT2D eigenvalue weighted by atomic mass is 32.2. The molecule has 190 valence electrons. The molecule has 2 heterocycles. The van der Waals surface area contributed by atoms with Crippen LogP contribution in [0.1, 0.15) is 42.2 Å². The topological polar surface area (TPSA) is 204 Å². The molecule has 1 fully saturated rings. The molecule has 1 atom stereocenters. The number of hydrogen-bond donors (Lipinski definition) is 4. The van der Waals surface area contributed by atoms with Crippen LogP contribution in [0, 0.1) is 5.92 Å². The zero-order valence-corrected chi connectivity index (χ0v) is 20.4. The predicted octanol–water partition coefficient (Wildman–Crippen LogP) is 1.34. The minimum Gasteiger partial charge on any atom is -0.494 e. The Hall–Kier alpha value is -4.11. The third-order valence-corrected chi connectivity index (χ3v) is 5.94. The highest BCUT2D eigenvalue weighted by molar-refractivity contribution is 7.88. The molecule has 5 N–H and O–H groups in total. The molecule has 2 aromatic heterocycles. The van der Waals surface area contributed by atoms with Gasteiger partial charge in [0.1, 0.15) is 0 Å². The molecule has 0 bridgehead atoms. The molecule has 1 aliphatic carbocycles. The summed E-state index contributed by atoms with van der Waals surface area (Å²) < 4.78 is 36.2. The summed E-state index contributed by atoms with van der Waals surface area (Å²) in [6, 6.07) is 5.73. The molecule has 15 heteroatoms. The number of nitrogens with two attached hydrogens (primary N) is 1. The first-order valence-corrected chi connectivity index (χ1v) is 12.7. The minimum absolute atomic E-state index is 0.0500. The van der Waals surface area contributed by atoms with Crippen molar-refractivity contribution in [3.63, 3.8) is 0 Å². The number of rotatable bonds is 10. The third kappa shape index (κ3) is 5.75. The van der Waals surface area contributed by atoms with Crippen LogP contribution < -0.4 is 25.8 Å². The van der Waals surface area contributed by atoms with Crippen molar-refractivity contribution < 1.29 is 27.3 Å². The van der Waals surface area contributed by atoms with Crippen LogP contribution in [0.3, 0.4) is 0 Å². The fourth-order valence-electron chi connectivity index (χ4n) is 3.37. The minimum atomic E-state index is -3.49. The van der Waals surface area contributed by atoms with E-state index in [4.69, 9.17) is 15.0 Å². The highest BCUT2D eigenvalue weighted by Gasteiger charge is 2.30. The van der Waals surface area contributed by atoms with Gasteiger partial charge in [-0.05, 0) is 31.9 Å². The Morgan fingerprint density at radius 1 is 1.22 bits per heavy atom. The number of nitrogens with zero attached hydrogens (tertiary/aromatic N) is 4. The number of nitrogens with one attached hydrogen (secondary N) is 3. The molecule has 1 aliphatic rings. The number of carbonyl (C=O) groups excluding carboxylic acids is 2. The quantitative estimate of drug-likeness (QED) is 0.302. The highest BCUT2D eigenvalue weighted by Crippen LogP contribution is 2.38.